The molecule has 1 aromatic carbocycles. The molecule has 1 heterocycles. The third kappa shape index (κ3) is 3.43. The molecule has 0 bridgehead atoms. The lowest BCUT2D eigenvalue weighted by Crippen LogP contribution is -2.52. The van der Waals surface area contributed by atoms with Gasteiger partial charge in [-0.15, -0.1) is 0 Å². The van der Waals surface area contributed by atoms with Crippen molar-refractivity contribution in [2.24, 2.45) is 0 Å². The van der Waals surface area contributed by atoms with Crippen LogP contribution in [0.5, 0.6) is 0 Å². The van der Waals surface area contributed by atoms with Crippen molar-refractivity contribution < 1.29 is 4.79 Å². The molecule has 3 rings (SSSR count). The number of carbonyl (C=O) groups excluding carboxylic acids is 1. The first-order chi connectivity index (χ1) is 10.3. The summed E-state index contributed by atoms with van der Waals surface area (Å²) in [7, 11) is 0. The first-order valence-corrected chi connectivity index (χ1v) is 9.25. The molecule has 1 aliphatic carbocycles. The summed E-state index contributed by atoms with van der Waals surface area (Å²) >= 11 is 1.75. The second-order valence-electron chi connectivity index (χ2n) is 5.99. The van der Waals surface area contributed by atoms with Gasteiger partial charge in [-0.25, -0.2) is 0 Å². The van der Waals surface area contributed by atoms with E-state index in [9.17, 15) is 4.79 Å². The van der Waals surface area contributed by atoms with E-state index < -0.39 is 0 Å². The lowest BCUT2D eigenvalue weighted by Gasteiger charge is -2.38. The van der Waals surface area contributed by atoms with Crippen LogP contribution in [0, 0.1) is 0 Å². The molecule has 3 nitrogen and oxygen atoms in total. The van der Waals surface area contributed by atoms with E-state index in [1.165, 1.54) is 24.0 Å². The Balaban J connectivity index is 1.50. The lowest BCUT2D eigenvalue weighted by molar-refractivity contribution is -0.132. The SMILES string of the molecule is CSCCC(=O)N1CCN(C2Cc3ccccc3C2)CC1. The predicted molar refractivity (Wildman–Crippen MR) is 88.8 cm³/mol. The van der Waals surface area contributed by atoms with E-state index in [2.05, 4.69) is 40.3 Å². The summed E-state index contributed by atoms with van der Waals surface area (Å²) in [6.07, 6.45) is 5.10. The summed E-state index contributed by atoms with van der Waals surface area (Å²) in [5.74, 6) is 1.27. The van der Waals surface area contributed by atoms with Crippen molar-refractivity contribution in [3.8, 4) is 0 Å². The number of carbonyl (C=O) groups is 1. The molecular formula is C17H24N2OS. The molecule has 114 valence electrons. The quantitative estimate of drug-likeness (QED) is 0.850. The maximum Gasteiger partial charge on any atom is 0.223 e. The van der Waals surface area contributed by atoms with E-state index in [0.29, 0.717) is 18.4 Å². The maximum atomic E-state index is 12.1. The molecule has 0 radical (unpaired) electrons. The molecule has 0 spiro atoms. The number of piperazine rings is 1. The summed E-state index contributed by atoms with van der Waals surface area (Å²) in [4.78, 5) is 16.7. The second-order valence-corrected chi connectivity index (χ2v) is 6.98. The fraction of sp³-hybridized carbons (Fsp3) is 0.588. The van der Waals surface area contributed by atoms with E-state index in [1.54, 1.807) is 11.8 Å². The molecule has 1 fully saturated rings. The minimum absolute atomic E-state index is 0.332. The van der Waals surface area contributed by atoms with Crippen molar-refractivity contribution in [1.29, 1.82) is 0 Å². The van der Waals surface area contributed by atoms with Crippen LogP contribution in [0.25, 0.3) is 0 Å². The van der Waals surface area contributed by atoms with Crippen LogP contribution in [0.2, 0.25) is 0 Å². The summed E-state index contributed by atoms with van der Waals surface area (Å²) in [5, 5.41) is 0. The van der Waals surface area contributed by atoms with Crippen LogP contribution < -0.4 is 0 Å². The van der Waals surface area contributed by atoms with Crippen molar-refractivity contribution in [2.75, 3.05) is 38.2 Å². The Morgan fingerprint density at radius 3 is 2.33 bits per heavy atom. The van der Waals surface area contributed by atoms with Gasteiger partial charge in [-0.2, -0.15) is 11.8 Å². The average Bonchev–Trinajstić information content (AvgIpc) is 2.96. The van der Waals surface area contributed by atoms with Gasteiger partial charge < -0.3 is 4.90 Å². The number of hydrogen-bond acceptors (Lipinski definition) is 3. The van der Waals surface area contributed by atoms with E-state index >= 15 is 0 Å². The molecule has 0 unspecified atom stereocenters. The monoisotopic (exact) mass is 304 g/mol. The first-order valence-electron chi connectivity index (χ1n) is 7.85. The topological polar surface area (TPSA) is 23.6 Å². The molecule has 0 atom stereocenters. The molecule has 1 aliphatic heterocycles. The minimum Gasteiger partial charge on any atom is -0.340 e. The van der Waals surface area contributed by atoms with Gasteiger partial charge in [-0.3, -0.25) is 9.69 Å². The van der Waals surface area contributed by atoms with Crippen molar-refractivity contribution in [2.45, 2.75) is 25.3 Å². The molecule has 1 saturated heterocycles. The number of thioether (sulfide) groups is 1. The molecule has 1 amide bonds. The van der Waals surface area contributed by atoms with E-state index in [1.807, 2.05) is 0 Å². The maximum absolute atomic E-state index is 12.1. The van der Waals surface area contributed by atoms with Gasteiger partial charge in [0.15, 0.2) is 0 Å². The highest BCUT2D eigenvalue weighted by atomic mass is 32.2. The zero-order valence-corrected chi connectivity index (χ0v) is 13.6. The second kappa shape index (κ2) is 6.84. The Hall–Kier alpha value is -1.00. The van der Waals surface area contributed by atoms with Gasteiger partial charge in [0, 0.05) is 44.4 Å². The van der Waals surface area contributed by atoms with Gasteiger partial charge >= 0.3 is 0 Å². The van der Waals surface area contributed by atoms with Crippen molar-refractivity contribution in [3.05, 3.63) is 35.4 Å². The van der Waals surface area contributed by atoms with Crippen molar-refractivity contribution in [3.63, 3.8) is 0 Å². The van der Waals surface area contributed by atoms with E-state index in [0.717, 1.165) is 31.9 Å². The van der Waals surface area contributed by atoms with Crippen LogP contribution in [0.4, 0.5) is 0 Å². The first kappa shape index (κ1) is 14.9. The van der Waals surface area contributed by atoms with Gasteiger partial charge in [0.05, 0.1) is 0 Å². The van der Waals surface area contributed by atoms with Crippen LogP contribution in [-0.4, -0.2) is 59.9 Å². The standard InChI is InChI=1S/C17H24N2OS/c1-21-11-6-17(20)19-9-7-18(8-10-19)16-12-14-4-2-3-5-15(14)13-16/h2-5,16H,6-13H2,1H3. The molecule has 4 heteroatoms. The third-order valence-corrected chi connectivity index (χ3v) is 5.35. The average molecular weight is 304 g/mol. The molecular weight excluding hydrogens is 280 g/mol. The number of hydrogen-bond donors (Lipinski definition) is 0. The van der Waals surface area contributed by atoms with Crippen molar-refractivity contribution >= 4 is 17.7 Å². The van der Waals surface area contributed by atoms with Gasteiger partial charge in [0.1, 0.15) is 0 Å². The Morgan fingerprint density at radius 2 is 1.76 bits per heavy atom. The molecule has 21 heavy (non-hydrogen) atoms. The fourth-order valence-corrected chi connectivity index (χ4v) is 3.86. The number of rotatable bonds is 4. The highest BCUT2D eigenvalue weighted by Crippen LogP contribution is 2.26. The van der Waals surface area contributed by atoms with Crippen LogP contribution in [0.3, 0.4) is 0 Å². The summed E-state index contributed by atoms with van der Waals surface area (Å²) in [6.45, 7) is 3.87. The van der Waals surface area contributed by atoms with Gasteiger partial charge in [0.2, 0.25) is 5.91 Å². The highest BCUT2D eigenvalue weighted by molar-refractivity contribution is 7.98. The van der Waals surface area contributed by atoms with Crippen LogP contribution in [-0.2, 0) is 17.6 Å². The van der Waals surface area contributed by atoms with Crippen LogP contribution in [0.1, 0.15) is 17.5 Å². The molecule has 0 N–H and O–H groups in total. The Bertz CT molecular complexity index is 472. The van der Waals surface area contributed by atoms with E-state index in [-0.39, 0.29) is 0 Å². The fourth-order valence-electron chi connectivity index (χ4n) is 3.48. The molecule has 1 aromatic rings. The van der Waals surface area contributed by atoms with Gasteiger partial charge in [0.25, 0.3) is 0 Å². The molecule has 0 saturated carbocycles. The van der Waals surface area contributed by atoms with Crippen molar-refractivity contribution in [1.82, 2.24) is 9.80 Å². The molecule has 0 aromatic heterocycles. The van der Waals surface area contributed by atoms with Gasteiger partial charge in [-0.05, 0) is 30.2 Å². The highest BCUT2D eigenvalue weighted by Gasteiger charge is 2.29. The lowest BCUT2D eigenvalue weighted by atomic mass is 10.1. The van der Waals surface area contributed by atoms with Gasteiger partial charge in [-0.1, -0.05) is 24.3 Å². The Labute approximate surface area is 131 Å². The zero-order valence-electron chi connectivity index (χ0n) is 12.8. The number of amides is 1. The number of fused-ring (bicyclic) bond motifs is 1. The predicted octanol–water partition coefficient (Wildman–Crippen LogP) is 2.05. The number of nitrogens with zero attached hydrogens (tertiary/aromatic N) is 2. The summed E-state index contributed by atoms with van der Waals surface area (Å²) in [5.41, 5.74) is 3.03. The normalized spacial score (nSPS) is 19.8. The summed E-state index contributed by atoms with van der Waals surface area (Å²) < 4.78 is 0. The smallest absolute Gasteiger partial charge is 0.223 e. The third-order valence-electron chi connectivity index (χ3n) is 4.73. The van der Waals surface area contributed by atoms with Crippen LogP contribution in [0.15, 0.2) is 24.3 Å². The minimum atomic E-state index is 0.332. The zero-order chi connectivity index (χ0) is 14.7. The molecule has 2 aliphatic rings. The largest absolute Gasteiger partial charge is 0.340 e. The van der Waals surface area contributed by atoms with E-state index in [4.69, 9.17) is 0 Å². The van der Waals surface area contributed by atoms with Crippen LogP contribution >= 0.6 is 11.8 Å². The Morgan fingerprint density at radius 1 is 1.14 bits per heavy atom. The number of benzene rings is 1. The summed E-state index contributed by atoms with van der Waals surface area (Å²) in [6, 6.07) is 9.45. The Kier molecular flexibility index (Phi) is 4.86.